The van der Waals surface area contributed by atoms with Crippen LogP contribution in [0.4, 0.5) is 5.69 Å². The van der Waals surface area contributed by atoms with Crippen molar-refractivity contribution < 1.29 is 5.11 Å². The molecule has 3 heterocycles. The van der Waals surface area contributed by atoms with E-state index >= 15 is 0 Å². The summed E-state index contributed by atoms with van der Waals surface area (Å²) in [5.74, 6) is 1.37. The van der Waals surface area contributed by atoms with E-state index in [9.17, 15) is 9.90 Å². The second-order valence-corrected chi connectivity index (χ2v) is 15.1. The van der Waals surface area contributed by atoms with Crippen molar-refractivity contribution in [3.8, 4) is 34.0 Å². The van der Waals surface area contributed by atoms with Gasteiger partial charge in [0.25, 0.3) is 5.56 Å². The Bertz CT molecular complexity index is 2300. The van der Waals surface area contributed by atoms with E-state index < -0.39 is 6.10 Å². The van der Waals surface area contributed by atoms with Gasteiger partial charge in [0, 0.05) is 42.0 Å². The number of nitrogens with zero attached hydrogens (tertiary/aromatic N) is 9. The molecule has 0 aliphatic carbocycles. The average molecular weight is 778 g/mol. The lowest BCUT2D eigenvalue weighted by molar-refractivity contribution is 0.199. The van der Waals surface area contributed by atoms with Crippen LogP contribution < -0.4 is 5.56 Å². The number of hydrogen-bond donors (Lipinski definition) is 1. The van der Waals surface area contributed by atoms with Gasteiger partial charge in [-0.15, -0.1) is 0 Å². The molecule has 0 bridgehead atoms. The Morgan fingerprint density at radius 1 is 0.655 bits per heavy atom. The van der Waals surface area contributed by atoms with E-state index in [2.05, 4.69) is 67.9 Å². The molecule has 1 N–H and O–H groups in total. The van der Waals surface area contributed by atoms with Crippen LogP contribution in [0.1, 0.15) is 73.9 Å². The zero-order chi connectivity index (χ0) is 41.4. The second kappa shape index (κ2) is 21.6. The van der Waals surface area contributed by atoms with E-state index in [4.69, 9.17) is 6.57 Å². The maximum Gasteiger partial charge on any atom is 0.267 e. The van der Waals surface area contributed by atoms with Crippen LogP contribution in [-0.4, -0.2) is 85.9 Å². The van der Waals surface area contributed by atoms with Crippen LogP contribution in [0.3, 0.4) is 0 Å². The summed E-state index contributed by atoms with van der Waals surface area (Å²) >= 11 is 0. The fourth-order valence-corrected chi connectivity index (χ4v) is 6.39. The van der Waals surface area contributed by atoms with Crippen LogP contribution in [0.15, 0.2) is 115 Å². The standard InChI is InChI=1S/C29H30N6O.C18H25N3O/c1-21(35-28(36)15-14-27(33-35)24-11-8-13-26(18-24)30-2)23-10-7-12-25(17-23)29-31-19-22(20-32-29)9-5-6-16-34(3)4;1-14(22)16-8-6-9-17(11-16)18-19-12-15(13-20-18)7-4-5-10-21(2)3/h7-8,10-15,17-21H,5-6,9,16H2,1,3-4H3;6,8-9,11-14,22H,4-5,7,10H2,1-3H3. The number of unbranched alkanes of at least 4 members (excludes halogenated alkanes) is 2. The zero-order valence-electron chi connectivity index (χ0n) is 34.6. The third kappa shape index (κ3) is 12.8. The van der Waals surface area contributed by atoms with Crippen LogP contribution in [0.5, 0.6) is 0 Å². The Morgan fingerprint density at radius 2 is 1.16 bits per heavy atom. The van der Waals surface area contributed by atoms with Gasteiger partial charge >= 0.3 is 0 Å². The van der Waals surface area contributed by atoms with E-state index in [0.717, 1.165) is 78.6 Å². The van der Waals surface area contributed by atoms with Crippen LogP contribution >= 0.6 is 0 Å². The summed E-state index contributed by atoms with van der Waals surface area (Å²) in [6.07, 6.45) is 13.7. The number of aryl methyl sites for hydroxylation is 2. The van der Waals surface area contributed by atoms with Gasteiger partial charge in [0.05, 0.1) is 24.4 Å². The number of rotatable bonds is 16. The highest BCUT2D eigenvalue weighted by atomic mass is 16.3. The van der Waals surface area contributed by atoms with Crippen molar-refractivity contribution in [2.45, 2.75) is 64.5 Å². The minimum absolute atomic E-state index is 0.187. The molecule has 0 saturated heterocycles. The predicted octanol–water partition coefficient (Wildman–Crippen LogP) is 8.49. The van der Waals surface area contributed by atoms with E-state index in [0.29, 0.717) is 23.0 Å². The molecule has 2 unspecified atom stereocenters. The van der Waals surface area contributed by atoms with E-state index in [1.165, 1.54) is 22.7 Å². The summed E-state index contributed by atoms with van der Waals surface area (Å²) in [6, 6.07) is 25.8. The van der Waals surface area contributed by atoms with Crippen LogP contribution in [0.2, 0.25) is 0 Å². The molecule has 11 heteroatoms. The van der Waals surface area contributed by atoms with Gasteiger partial charge in [0.1, 0.15) is 0 Å². The summed E-state index contributed by atoms with van der Waals surface area (Å²) in [5, 5.41) is 14.3. The largest absolute Gasteiger partial charge is 0.389 e. The van der Waals surface area contributed by atoms with Gasteiger partial charge in [-0.05, 0) is 146 Å². The summed E-state index contributed by atoms with van der Waals surface area (Å²) in [7, 11) is 8.37. The topological polar surface area (TPSA) is 118 Å². The molecular formula is C47H55N9O2. The van der Waals surface area contributed by atoms with E-state index in [-0.39, 0.29) is 11.6 Å². The number of hydrogen-bond acceptors (Lipinski definition) is 9. The van der Waals surface area contributed by atoms with Crippen molar-refractivity contribution in [1.82, 2.24) is 39.5 Å². The molecule has 0 saturated carbocycles. The maximum atomic E-state index is 12.7. The first-order valence-electron chi connectivity index (χ1n) is 19.9. The van der Waals surface area contributed by atoms with Crippen LogP contribution in [0.25, 0.3) is 38.9 Å². The molecule has 6 aromatic rings. The predicted molar refractivity (Wildman–Crippen MR) is 233 cm³/mol. The quantitative estimate of drug-likeness (QED) is 0.0763. The average Bonchev–Trinajstić information content (AvgIpc) is 3.24. The Morgan fingerprint density at radius 3 is 1.67 bits per heavy atom. The second-order valence-electron chi connectivity index (χ2n) is 15.1. The maximum absolute atomic E-state index is 12.7. The Hall–Kier alpha value is -5.93. The van der Waals surface area contributed by atoms with Crippen molar-refractivity contribution in [1.29, 1.82) is 0 Å². The van der Waals surface area contributed by atoms with Gasteiger partial charge < -0.3 is 14.9 Å². The number of benzene rings is 3. The molecule has 0 amide bonds. The lowest BCUT2D eigenvalue weighted by Gasteiger charge is -2.16. The fourth-order valence-electron chi connectivity index (χ4n) is 6.39. The van der Waals surface area contributed by atoms with Gasteiger partial charge in [-0.25, -0.2) is 29.5 Å². The molecule has 58 heavy (non-hydrogen) atoms. The summed E-state index contributed by atoms with van der Waals surface area (Å²) in [6.45, 7) is 13.2. The van der Waals surface area contributed by atoms with E-state index in [1.54, 1.807) is 25.1 Å². The molecule has 0 aliphatic heterocycles. The highest BCUT2D eigenvalue weighted by Crippen LogP contribution is 2.25. The lowest BCUT2D eigenvalue weighted by Crippen LogP contribution is -2.26. The van der Waals surface area contributed by atoms with Crippen molar-refractivity contribution in [2.24, 2.45) is 0 Å². The van der Waals surface area contributed by atoms with Gasteiger partial charge in [0.15, 0.2) is 17.3 Å². The molecule has 0 aliphatic rings. The first-order valence-corrected chi connectivity index (χ1v) is 19.9. The minimum Gasteiger partial charge on any atom is -0.389 e. The molecule has 11 nitrogen and oxygen atoms in total. The molecule has 6 rings (SSSR count). The van der Waals surface area contributed by atoms with Crippen molar-refractivity contribution in [3.05, 3.63) is 154 Å². The number of aromatic nitrogens is 6. The molecule has 0 spiro atoms. The molecule has 0 fully saturated rings. The SMILES string of the molecule is CC(O)c1cccc(-c2ncc(CCCCN(C)C)cn2)c1.[C-]#[N+]c1cccc(-c2ccc(=O)n(C(C)c3cccc(-c4ncc(CCCCN(C)C)cn4)c3)n2)c1. The normalized spacial score (nSPS) is 12.1. The monoisotopic (exact) mass is 777 g/mol. The van der Waals surface area contributed by atoms with Crippen LogP contribution in [0, 0.1) is 6.57 Å². The number of aliphatic hydroxyl groups is 1. The molecule has 3 aromatic carbocycles. The van der Waals surface area contributed by atoms with Gasteiger partial charge in [0.2, 0.25) is 0 Å². The molecule has 2 atom stereocenters. The van der Waals surface area contributed by atoms with Crippen LogP contribution in [-0.2, 0) is 12.8 Å². The zero-order valence-corrected chi connectivity index (χ0v) is 34.6. The third-order valence-corrected chi connectivity index (χ3v) is 9.77. The number of aliphatic hydroxyl groups excluding tert-OH is 1. The van der Waals surface area contributed by atoms with E-state index in [1.807, 2.05) is 92.4 Å². The first kappa shape index (κ1) is 43.2. The highest BCUT2D eigenvalue weighted by Gasteiger charge is 2.14. The minimum atomic E-state index is -0.476. The third-order valence-electron chi connectivity index (χ3n) is 9.77. The molecule has 0 radical (unpaired) electrons. The van der Waals surface area contributed by atoms with Crippen molar-refractivity contribution in [2.75, 3.05) is 41.3 Å². The van der Waals surface area contributed by atoms with Gasteiger partial charge in [-0.3, -0.25) is 4.79 Å². The lowest BCUT2D eigenvalue weighted by atomic mass is 10.0. The van der Waals surface area contributed by atoms with Crippen molar-refractivity contribution >= 4 is 5.69 Å². The first-order chi connectivity index (χ1) is 28.0. The summed E-state index contributed by atoms with van der Waals surface area (Å²) in [4.78, 5) is 38.7. The Kier molecular flexibility index (Phi) is 16.1. The highest BCUT2D eigenvalue weighted by molar-refractivity contribution is 5.65. The molecule has 300 valence electrons. The molecular weight excluding hydrogens is 723 g/mol. The van der Waals surface area contributed by atoms with Crippen molar-refractivity contribution in [3.63, 3.8) is 0 Å². The Balaban J connectivity index is 0.000000249. The Labute approximate surface area is 343 Å². The summed E-state index contributed by atoms with van der Waals surface area (Å²) < 4.78 is 1.48. The fraction of sp³-hybridized carbons (Fsp3) is 0.340. The smallest absolute Gasteiger partial charge is 0.267 e. The summed E-state index contributed by atoms with van der Waals surface area (Å²) in [5.41, 5.74) is 7.76. The van der Waals surface area contributed by atoms with Gasteiger partial charge in [-0.2, -0.15) is 5.10 Å². The van der Waals surface area contributed by atoms with Gasteiger partial charge in [-0.1, -0.05) is 54.6 Å². The molecule has 3 aromatic heterocycles.